The first kappa shape index (κ1) is 12.6. The second-order valence-electron chi connectivity index (χ2n) is 4.76. The Bertz CT molecular complexity index is 718. The number of aryl methyl sites for hydroxylation is 1. The van der Waals surface area contributed by atoms with E-state index in [9.17, 15) is 0 Å². The van der Waals surface area contributed by atoms with E-state index in [4.69, 9.17) is 5.73 Å². The van der Waals surface area contributed by atoms with Gasteiger partial charge < -0.3 is 5.73 Å². The maximum atomic E-state index is 5.97. The molecule has 0 aliphatic rings. The first-order valence-corrected chi connectivity index (χ1v) is 6.85. The number of rotatable bonds is 4. The van der Waals surface area contributed by atoms with Crippen LogP contribution in [-0.4, -0.2) is 19.6 Å². The molecule has 0 radical (unpaired) electrons. The van der Waals surface area contributed by atoms with Crippen molar-refractivity contribution in [2.24, 2.45) is 0 Å². The van der Waals surface area contributed by atoms with Gasteiger partial charge in [0.15, 0.2) is 5.65 Å². The van der Waals surface area contributed by atoms with E-state index >= 15 is 0 Å². The van der Waals surface area contributed by atoms with Crippen molar-refractivity contribution in [1.29, 1.82) is 0 Å². The third-order valence-corrected chi connectivity index (χ3v) is 3.28. The predicted octanol–water partition coefficient (Wildman–Crippen LogP) is 2.72. The van der Waals surface area contributed by atoms with Crippen LogP contribution in [-0.2, 0) is 6.42 Å². The highest BCUT2D eigenvalue weighted by Gasteiger charge is 2.12. The molecule has 102 valence electrons. The van der Waals surface area contributed by atoms with Crippen molar-refractivity contribution >= 4 is 11.6 Å². The third-order valence-electron chi connectivity index (χ3n) is 3.28. The standard InChI is InChI=1S/C15H17N5/c1-2-3-9-13-18-14-12(11-7-5-4-6-8-11)10-17-20(14)15(16)19-13/h4-8,10H,2-3,9H2,1H3,(H2,16,18,19). The Morgan fingerprint density at radius 3 is 2.70 bits per heavy atom. The normalized spacial score (nSPS) is 11.1. The summed E-state index contributed by atoms with van der Waals surface area (Å²) in [7, 11) is 0. The molecule has 0 saturated carbocycles. The monoisotopic (exact) mass is 267 g/mol. The highest BCUT2D eigenvalue weighted by Crippen LogP contribution is 2.24. The maximum absolute atomic E-state index is 5.97. The number of hydrogen-bond donors (Lipinski definition) is 1. The van der Waals surface area contributed by atoms with Gasteiger partial charge in [-0.1, -0.05) is 43.7 Å². The van der Waals surface area contributed by atoms with Crippen LogP contribution in [0.1, 0.15) is 25.6 Å². The number of benzene rings is 1. The summed E-state index contributed by atoms with van der Waals surface area (Å²) in [4.78, 5) is 8.93. The number of nitrogen functional groups attached to an aromatic ring is 1. The maximum Gasteiger partial charge on any atom is 0.224 e. The summed E-state index contributed by atoms with van der Waals surface area (Å²) < 4.78 is 1.60. The molecule has 2 N–H and O–H groups in total. The molecule has 2 aromatic heterocycles. The molecule has 0 unspecified atom stereocenters. The number of nitrogens with zero attached hydrogens (tertiary/aromatic N) is 4. The molecule has 5 nitrogen and oxygen atoms in total. The second kappa shape index (κ2) is 5.28. The fraction of sp³-hybridized carbons (Fsp3) is 0.267. The van der Waals surface area contributed by atoms with Gasteiger partial charge in [0.2, 0.25) is 5.95 Å². The second-order valence-corrected chi connectivity index (χ2v) is 4.76. The van der Waals surface area contributed by atoms with Gasteiger partial charge in [-0.25, -0.2) is 4.98 Å². The van der Waals surface area contributed by atoms with E-state index in [-0.39, 0.29) is 0 Å². The average molecular weight is 267 g/mol. The van der Waals surface area contributed by atoms with Crippen LogP contribution in [0.3, 0.4) is 0 Å². The van der Waals surface area contributed by atoms with Crippen LogP contribution >= 0.6 is 0 Å². The minimum Gasteiger partial charge on any atom is -0.368 e. The minimum atomic E-state index is 0.392. The summed E-state index contributed by atoms with van der Waals surface area (Å²) in [6, 6.07) is 10.1. The molecule has 0 bridgehead atoms. The van der Waals surface area contributed by atoms with Crippen molar-refractivity contribution in [2.75, 3.05) is 5.73 Å². The number of unbranched alkanes of at least 4 members (excludes halogenated alkanes) is 1. The van der Waals surface area contributed by atoms with E-state index in [2.05, 4.69) is 22.0 Å². The quantitative estimate of drug-likeness (QED) is 0.789. The van der Waals surface area contributed by atoms with Crippen molar-refractivity contribution in [3.05, 3.63) is 42.4 Å². The van der Waals surface area contributed by atoms with Gasteiger partial charge in [-0.15, -0.1) is 0 Å². The number of hydrogen-bond acceptors (Lipinski definition) is 4. The minimum absolute atomic E-state index is 0.392. The van der Waals surface area contributed by atoms with E-state index in [1.807, 2.05) is 30.3 Å². The fourth-order valence-electron chi connectivity index (χ4n) is 2.21. The fourth-order valence-corrected chi connectivity index (χ4v) is 2.21. The number of aromatic nitrogens is 4. The van der Waals surface area contributed by atoms with Crippen LogP contribution in [0.2, 0.25) is 0 Å². The highest BCUT2D eigenvalue weighted by molar-refractivity contribution is 5.77. The molecular formula is C15H17N5. The third kappa shape index (κ3) is 2.22. The van der Waals surface area contributed by atoms with E-state index in [1.54, 1.807) is 10.7 Å². The van der Waals surface area contributed by atoms with Crippen LogP contribution in [0, 0.1) is 0 Å². The molecule has 1 aromatic carbocycles. The van der Waals surface area contributed by atoms with Crippen molar-refractivity contribution < 1.29 is 0 Å². The number of nitrogens with two attached hydrogens (primary N) is 1. The summed E-state index contributed by atoms with van der Waals surface area (Å²) in [5.41, 5.74) is 8.81. The van der Waals surface area contributed by atoms with Crippen LogP contribution in [0.4, 0.5) is 5.95 Å². The van der Waals surface area contributed by atoms with E-state index < -0.39 is 0 Å². The summed E-state index contributed by atoms with van der Waals surface area (Å²) in [5.74, 6) is 1.18. The van der Waals surface area contributed by atoms with Gasteiger partial charge in [0.05, 0.1) is 6.20 Å². The van der Waals surface area contributed by atoms with Crippen LogP contribution in [0.15, 0.2) is 36.5 Å². The Kier molecular flexibility index (Phi) is 3.33. The van der Waals surface area contributed by atoms with Crippen LogP contribution in [0.25, 0.3) is 16.8 Å². The molecule has 0 saturated heterocycles. The Morgan fingerprint density at radius 1 is 1.15 bits per heavy atom. The largest absolute Gasteiger partial charge is 0.368 e. The summed E-state index contributed by atoms with van der Waals surface area (Å²) in [6.07, 6.45) is 4.81. The lowest BCUT2D eigenvalue weighted by molar-refractivity contribution is 0.743. The number of fused-ring (bicyclic) bond motifs is 1. The summed E-state index contributed by atoms with van der Waals surface area (Å²) in [6.45, 7) is 2.15. The van der Waals surface area contributed by atoms with Gasteiger partial charge in [-0.3, -0.25) is 0 Å². The molecule has 0 amide bonds. The van der Waals surface area contributed by atoms with Gasteiger partial charge >= 0.3 is 0 Å². The van der Waals surface area contributed by atoms with Gasteiger partial charge in [0, 0.05) is 12.0 Å². The lowest BCUT2D eigenvalue weighted by Crippen LogP contribution is -2.07. The van der Waals surface area contributed by atoms with Gasteiger partial charge in [0.1, 0.15) is 5.82 Å². The SMILES string of the molecule is CCCCc1nc(N)n2ncc(-c3ccccc3)c2n1. The molecule has 3 aromatic rings. The lowest BCUT2D eigenvalue weighted by atomic mass is 10.1. The lowest BCUT2D eigenvalue weighted by Gasteiger charge is -2.04. The molecule has 2 heterocycles. The van der Waals surface area contributed by atoms with Crippen molar-refractivity contribution in [3.8, 4) is 11.1 Å². The Hall–Kier alpha value is -2.43. The van der Waals surface area contributed by atoms with Crippen molar-refractivity contribution in [2.45, 2.75) is 26.2 Å². The molecule has 20 heavy (non-hydrogen) atoms. The van der Waals surface area contributed by atoms with Gasteiger partial charge in [0.25, 0.3) is 0 Å². The van der Waals surface area contributed by atoms with Crippen molar-refractivity contribution in [1.82, 2.24) is 19.6 Å². The Morgan fingerprint density at radius 2 is 1.95 bits per heavy atom. The predicted molar refractivity (Wildman–Crippen MR) is 79.2 cm³/mol. The van der Waals surface area contributed by atoms with Crippen LogP contribution in [0.5, 0.6) is 0 Å². The summed E-state index contributed by atoms with van der Waals surface area (Å²) in [5, 5.41) is 4.28. The Balaban J connectivity index is 2.12. The van der Waals surface area contributed by atoms with E-state index in [0.29, 0.717) is 5.95 Å². The molecule has 0 aliphatic heterocycles. The average Bonchev–Trinajstić information content (AvgIpc) is 2.90. The van der Waals surface area contributed by atoms with Gasteiger partial charge in [-0.05, 0) is 12.0 Å². The zero-order valence-corrected chi connectivity index (χ0v) is 11.5. The first-order valence-electron chi connectivity index (χ1n) is 6.85. The van der Waals surface area contributed by atoms with E-state index in [1.165, 1.54) is 0 Å². The highest BCUT2D eigenvalue weighted by atomic mass is 15.3. The molecule has 5 heteroatoms. The number of anilines is 1. The molecular weight excluding hydrogens is 250 g/mol. The van der Waals surface area contributed by atoms with Gasteiger partial charge in [-0.2, -0.15) is 14.6 Å². The topological polar surface area (TPSA) is 69.1 Å². The molecule has 0 aliphatic carbocycles. The first-order chi connectivity index (χ1) is 9.79. The molecule has 0 fully saturated rings. The molecule has 0 spiro atoms. The smallest absolute Gasteiger partial charge is 0.224 e. The Labute approximate surface area is 117 Å². The van der Waals surface area contributed by atoms with Crippen molar-refractivity contribution in [3.63, 3.8) is 0 Å². The van der Waals surface area contributed by atoms with E-state index in [0.717, 1.165) is 41.9 Å². The zero-order valence-electron chi connectivity index (χ0n) is 11.5. The molecule has 3 rings (SSSR count). The molecule has 0 atom stereocenters. The summed E-state index contributed by atoms with van der Waals surface area (Å²) >= 11 is 0. The van der Waals surface area contributed by atoms with Crippen LogP contribution < -0.4 is 5.73 Å². The zero-order chi connectivity index (χ0) is 13.9.